The lowest BCUT2D eigenvalue weighted by Crippen LogP contribution is -2.31. The number of nitrogens with one attached hydrogen (secondary N) is 2. The fraction of sp³-hybridized carbons (Fsp3) is 0.235. The molecule has 0 atom stereocenters. The lowest BCUT2D eigenvalue weighted by atomic mass is 10.1. The Morgan fingerprint density at radius 3 is 2.81 bits per heavy atom. The zero-order valence-electron chi connectivity index (χ0n) is 14.3. The number of aromatic nitrogens is 2. The van der Waals surface area contributed by atoms with Crippen molar-refractivity contribution in [3.05, 3.63) is 56.4 Å². The third kappa shape index (κ3) is 3.11. The van der Waals surface area contributed by atoms with E-state index in [1.165, 1.54) is 24.4 Å². The van der Waals surface area contributed by atoms with Gasteiger partial charge in [-0.05, 0) is 32.3 Å². The number of fused-ring (bicyclic) bond motifs is 2. The number of rotatable bonds is 5. The highest BCUT2D eigenvalue weighted by Crippen LogP contribution is 2.26. The molecule has 2 heterocycles. The topological polar surface area (TPSA) is 121 Å². The molecule has 0 spiro atoms. The van der Waals surface area contributed by atoms with Gasteiger partial charge in [0.25, 0.3) is 11.6 Å². The van der Waals surface area contributed by atoms with Crippen molar-refractivity contribution in [3.63, 3.8) is 0 Å². The third-order valence-corrected chi connectivity index (χ3v) is 3.99. The molecular weight excluding hydrogens is 338 g/mol. The van der Waals surface area contributed by atoms with Crippen LogP contribution >= 0.6 is 0 Å². The number of carbonyl (C=O) groups is 1. The summed E-state index contributed by atoms with van der Waals surface area (Å²) in [7, 11) is 3.76. The summed E-state index contributed by atoms with van der Waals surface area (Å²) in [5, 5.41) is 14.2. The zero-order valence-corrected chi connectivity index (χ0v) is 14.3. The van der Waals surface area contributed by atoms with Gasteiger partial charge < -0.3 is 15.2 Å². The predicted molar refractivity (Wildman–Crippen MR) is 97.4 cm³/mol. The first kappa shape index (κ1) is 17.5. The van der Waals surface area contributed by atoms with Crippen molar-refractivity contribution in [2.24, 2.45) is 0 Å². The van der Waals surface area contributed by atoms with E-state index in [1.54, 1.807) is 6.07 Å². The fourth-order valence-corrected chi connectivity index (χ4v) is 2.72. The van der Waals surface area contributed by atoms with Gasteiger partial charge in [-0.1, -0.05) is 0 Å². The summed E-state index contributed by atoms with van der Waals surface area (Å²) in [6.45, 7) is 1.04. The number of benzene rings is 1. The van der Waals surface area contributed by atoms with E-state index in [0.29, 0.717) is 13.1 Å². The van der Waals surface area contributed by atoms with Gasteiger partial charge in [-0.25, -0.2) is 4.98 Å². The Kier molecular flexibility index (Phi) is 4.63. The van der Waals surface area contributed by atoms with Crippen LogP contribution < -0.4 is 10.7 Å². The number of hydrogen-bond donors (Lipinski definition) is 2. The standard InChI is InChI=1S/C17H17N5O4/c1-21(2)9-8-19-17(24)10-5-6-12(22(25)26)13-14(10)20-16-11(15(13)23)4-3-7-18-16/h3-7H,8-9H2,1-2H3,(H,19,24)(H,18,20,23). The number of hydrogen-bond acceptors (Lipinski definition) is 6. The Morgan fingerprint density at radius 1 is 1.35 bits per heavy atom. The molecule has 9 nitrogen and oxygen atoms in total. The summed E-state index contributed by atoms with van der Waals surface area (Å²) in [6, 6.07) is 5.64. The molecule has 2 N–H and O–H groups in total. The summed E-state index contributed by atoms with van der Waals surface area (Å²) in [5.41, 5.74) is -0.340. The fourth-order valence-electron chi connectivity index (χ4n) is 2.72. The van der Waals surface area contributed by atoms with Gasteiger partial charge in [-0.2, -0.15) is 0 Å². The Hall–Kier alpha value is -3.33. The minimum absolute atomic E-state index is 0.109. The van der Waals surface area contributed by atoms with Crippen molar-refractivity contribution in [3.8, 4) is 0 Å². The van der Waals surface area contributed by atoms with Crippen molar-refractivity contribution < 1.29 is 9.72 Å². The maximum Gasteiger partial charge on any atom is 0.282 e. The zero-order chi connectivity index (χ0) is 18.8. The molecule has 134 valence electrons. The van der Waals surface area contributed by atoms with Crippen LogP contribution in [0, 0.1) is 10.1 Å². The quantitative estimate of drug-likeness (QED) is 0.404. The predicted octanol–water partition coefficient (Wildman–Crippen LogP) is 1.28. The average molecular weight is 355 g/mol. The van der Waals surface area contributed by atoms with E-state index >= 15 is 0 Å². The highest BCUT2D eigenvalue weighted by molar-refractivity contribution is 6.09. The molecule has 0 saturated heterocycles. The average Bonchev–Trinajstić information content (AvgIpc) is 2.60. The van der Waals surface area contributed by atoms with E-state index in [-0.39, 0.29) is 33.2 Å². The molecule has 9 heteroatoms. The number of pyridine rings is 2. The van der Waals surface area contributed by atoms with Crippen molar-refractivity contribution in [1.82, 2.24) is 20.2 Å². The molecule has 0 fully saturated rings. The molecule has 0 unspecified atom stereocenters. The number of amides is 1. The normalized spacial score (nSPS) is 11.2. The molecule has 1 amide bonds. The number of nitrogens with zero attached hydrogens (tertiary/aromatic N) is 3. The number of likely N-dealkylation sites (N-methyl/N-ethyl adjacent to an activating group) is 1. The summed E-state index contributed by atoms with van der Waals surface area (Å²) in [6.07, 6.45) is 1.50. The van der Waals surface area contributed by atoms with E-state index in [9.17, 15) is 19.7 Å². The van der Waals surface area contributed by atoms with Crippen molar-refractivity contribution >= 4 is 33.5 Å². The van der Waals surface area contributed by atoms with Crippen molar-refractivity contribution in [1.29, 1.82) is 0 Å². The molecule has 0 aliphatic carbocycles. The Labute approximate surface area is 147 Å². The van der Waals surface area contributed by atoms with Crippen LogP contribution in [0.2, 0.25) is 0 Å². The number of H-pyrrole nitrogens is 1. The van der Waals surface area contributed by atoms with Crippen LogP contribution in [-0.4, -0.2) is 52.9 Å². The minimum Gasteiger partial charge on any atom is -0.351 e. The molecule has 0 bridgehead atoms. The van der Waals surface area contributed by atoms with E-state index < -0.39 is 16.3 Å². The Bertz CT molecular complexity index is 1070. The first-order valence-electron chi connectivity index (χ1n) is 7.91. The van der Waals surface area contributed by atoms with E-state index in [1.807, 2.05) is 19.0 Å². The van der Waals surface area contributed by atoms with Crippen molar-refractivity contribution in [2.75, 3.05) is 27.2 Å². The molecule has 0 aliphatic rings. The number of nitro groups is 1. The van der Waals surface area contributed by atoms with Crippen LogP contribution in [-0.2, 0) is 0 Å². The van der Waals surface area contributed by atoms with Gasteiger partial charge in [0.15, 0.2) is 0 Å². The second kappa shape index (κ2) is 6.89. The Balaban J connectivity index is 2.22. The number of aromatic amines is 1. The smallest absolute Gasteiger partial charge is 0.282 e. The number of carbonyl (C=O) groups excluding carboxylic acids is 1. The first-order chi connectivity index (χ1) is 12.4. The molecule has 0 radical (unpaired) electrons. The lowest BCUT2D eigenvalue weighted by Gasteiger charge is -2.12. The third-order valence-electron chi connectivity index (χ3n) is 3.99. The number of non-ortho nitro benzene ring substituents is 1. The van der Waals surface area contributed by atoms with Crippen molar-refractivity contribution in [2.45, 2.75) is 0 Å². The summed E-state index contributed by atoms with van der Waals surface area (Å²) >= 11 is 0. The van der Waals surface area contributed by atoms with Crippen LogP contribution in [0.15, 0.2) is 35.3 Å². The van der Waals surface area contributed by atoms with Crippen LogP contribution in [0.3, 0.4) is 0 Å². The van der Waals surface area contributed by atoms with Gasteiger partial charge in [0.2, 0.25) is 5.43 Å². The van der Waals surface area contributed by atoms with Gasteiger partial charge in [0.1, 0.15) is 11.0 Å². The Morgan fingerprint density at radius 2 is 2.12 bits per heavy atom. The first-order valence-corrected chi connectivity index (χ1v) is 7.91. The molecule has 0 saturated carbocycles. The molecule has 26 heavy (non-hydrogen) atoms. The molecule has 0 aliphatic heterocycles. The maximum absolute atomic E-state index is 12.8. The van der Waals surface area contributed by atoms with Crippen LogP contribution in [0.25, 0.3) is 21.9 Å². The highest BCUT2D eigenvalue weighted by Gasteiger charge is 2.22. The van der Waals surface area contributed by atoms with Gasteiger partial charge in [0, 0.05) is 25.4 Å². The van der Waals surface area contributed by atoms with Crippen LogP contribution in [0.5, 0.6) is 0 Å². The summed E-state index contributed by atoms with van der Waals surface area (Å²) < 4.78 is 0. The van der Waals surface area contributed by atoms with Gasteiger partial charge >= 0.3 is 0 Å². The molecule has 1 aromatic carbocycles. The lowest BCUT2D eigenvalue weighted by molar-refractivity contribution is -0.383. The van der Waals surface area contributed by atoms with Gasteiger partial charge in [-0.3, -0.25) is 19.7 Å². The molecule has 2 aromatic heterocycles. The van der Waals surface area contributed by atoms with Crippen LogP contribution in [0.4, 0.5) is 5.69 Å². The second-order valence-corrected chi connectivity index (χ2v) is 6.05. The van der Waals surface area contributed by atoms with Gasteiger partial charge in [0.05, 0.1) is 21.4 Å². The monoisotopic (exact) mass is 355 g/mol. The van der Waals surface area contributed by atoms with E-state index in [2.05, 4.69) is 15.3 Å². The molecular formula is C17H17N5O4. The largest absolute Gasteiger partial charge is 0.351 e. The summed E-state index contributed by atoms with van der Waals surface area (Å²) in [5.74, 6) is -0.419. The molecule has 3 aromatic rings. The maximum atomic E-state index is 12.8. The minimum atomic E-state index is -0.631. The highest BCUT2D eigenvalue weighted by atomic mass is 16.6. The molecule has 3 rings (SSSR count). The van der Waals surface area contributed by atoms with Gasteiger partial charge in [-0.15, -0.1) is 0 Å². The number of nitro benzene ring substituents is 1. The summed E-state index contributed by atoms with van der Waals surface area (Å²) in [4.78, 5) is 45.0. The van der Waals surface area contributed by atoms with E-state index in [4.69, 9.17) is 0 Å². The van der Waals surface area contributed by atoms with E-state index in [0.717, 1.165) is 0 Å². The SMILES string of the molecule is CN(C)CCNC(=O)c1ccc([N+](=O)[O-])c2c(=O)c3cccnc3[nH]c12. The van der Waals surface area contributed by atoms with Crippen LogP contribution in [0.1, 0.15) is 10.4 Å². The second-order valence-electron chi connectivity index (χ2n) is 6.05.